The molecule has 112 valence electrons. The first kappa shape index (κ1) is 16.1. The second-order valence-electron chi connectivity index (χ2n) is 4.90. The van der Waals surface area contributed by atoms with Gasteiger partial charge in [-0.2, -0.15) is 0 Å². The first-order valence-corrected chi connectivity index (χ1v) is 9.18. The predicted octanol–water partition coefficient (Wildman–Crippen LogP) is 4.91. The van der Waals surface area contributed by atoms with E-state index in [-0.39, 0.29) is 0 Å². The van der Waals surface area contributed by atoms with E-state index in [1.54, 1.807) is 0 Å². The molecule has 0 atom stereocenters. The molecule has 2 rings (SSSR count). The van der Waals surface area contributed by atoms with Crippen LogP contribution in [0.15, 0.2) is 58.3 Å². The minimum atomic E-state index is 0.832. The Morgan fingerprint density at radius 2 is 0.952 bits per heavy atom. The third-order valence-electron chi connectivity index (χ3n) is 3.09. The summed E-state index contributed by atoms with van der Waals surface area (Å²) in [7, 11) is 0. The number of hydrogen-bond acceptors (Lipinski definition) is 4. The van der Waals surface area contributed by atoms with Gasteiger partial charge in [-0.25, -0.2) is 0 Å². The Morgan fingerprint density at radius 1 is 0.571 bits per heavy atom. The van der Waals surface area contributed by atoms with E-state index in [2.05, 4.69) is 24.3 Å². The average Bonchev–Trinajstić information content (AvgIpc) is 2.50. The molecule has 0 aliphatic rings. The number of unbranched alkanes of at least 4 members (excludes halogenated alkanes) is 2. The molecule has 0 bridgehead atoms. The number of anilines is 2. The minimum absolute atomic E-state index is 0.832. The van der Waals surface area contributed by atoms with E-state index >= 15 is 0 Å². The number of hydrogen-bond donors (Lipinski definition) is 2. The van der Waals surface area contributed by atoms with Gasteiger partial charge in [-0.1, -0.05) is 6.42 Å². The fourth-order valence-corrected chi connectivity index (χ4v) is 3.71. The zero-order chi connectivity index (χ0) is 14.9. The molecule has 4 heteroatoms. The largest absolute Gasteiger partial charge is 0.399 e. The van der Waals surface area contributed by atoms with Gasteiger partial charge in [0, 0.05) is 21.2 Å². The maximum atomic E-state index is 5.67. The van der Waals surface area contributed by atoms with E-state index in [0.717, 1.165) is 11.4 Å². The molecule has 2 aromatic rings. The van der Waals surface area contributed by atoms with Crippen molar-refractivity contribution in [1.82, 2.24) is 0 Å². The van der Waals surface area contributed by atoms with Crippen LogP contribution in [0.1, 0.15) is 19.3 Å². The Morgan fingerprint density at radius 3 is 1.33 bits per heavy atom. The van der Waals surface area contributed by atoms with Crippen LogP contribution in [-0.2, 0) is 0 Å². The molecule has 0 heterocycles. The van der Waals surface area contributed by atoms with Crippen LogP contribution in [0, 0.1) is 0 Å². The molecule has 0 saturated heterocycles. The molecule has 0 fully saturated rings. The second-order valence-corrected chi connectivity index (χ2v) is 7.23. The van der Waals surface area contributed by atoms with Gasteiger partial charge < -0.3 is 11.5 Å². The van der Waals surface area contributed by atoms with Gasteiger partial charge in [-0.3, -0.25) is 0 Å². The SMILES string of the molecule is Nc1ccc(SCCCCCSc2ccc(N)cc2)cc1. The average molecular weight is 319 g/mol. The zero-order valence-electron chi connectivity index (χ0n) is 12.1. The Kier molecular flexibility index (Phi) is 6.83. The van der Waals surface area contributed by atoms with Crippen LogP contribution in [0.2, 0.25) is 0 Å². The maximum absolute atomic E-state index is 5.67. The lowest BCUT2D eigenvalue weighted by Gasteiger charge is -2.04. The van der Waals surface area contributed by atoms with Crippen LogP contribution >= 0.6 is 23.5 Å². The molecule has 2 aromatic carbocycles. The van der Waals surface area contributed by atoms with Gasteiger partial charge in [0.1, 0.15) is 0 Å². The predicted molar refractivity (Wildman–Crippen MR) is 97.0 cm³/mol. The Bertz CT molecular complexity index is 474. The van der Waals surface area contributed by atoms with E-state index in [1.807, 2.05) is 47.8 Å². The quantitative estimate of drug-likeness (QED) is 0.413. The molecule has 0 unspecified atom stereocenters. The number of rotatable bonds is 8. The van der Waals surface area contributed by atoms with Gasteiger partial charge >= 0.3 is 0 Å². The standard InChI is InChI=1S/C17H22N2S2/c18-14-4-8-16(9-5-14)20-12-2-1-3-13-21-17-10-6-15(19)7-11-17/h4-11H,1-3,12-13,18-19H2. The Balaban J connectivity index is 1.52. The summed E-state index contributed by atoms with van der Waals surface area (Å²) in [6, 6.07) is 16.2. The van der Waals surface area contributed by atoms with E-state index in [0.29, 0.717) is 0 Å². The van der Waals surface area contributed by atoms with Gasteiger partial charge in [0.2, 0.25) is 0 Å². The Hall–Kier alpha value is -1.26. The van der Waals surface area contributed by atoms with Gasteiger partial charge in [0.25, 0.3) is 0 Å². The number of nitrogens with two attached hydrogens (primary N) is 2. The van der Waals surface area contributed by atoms with E-state index in [4.69, 9.17) is 11.5 Å². The zero-order valence-corrected chi connectivity index (χ0v) is 13.8. The van der Waals surface area contributed by atoms with Gasteiger partial charge in [0.05, 0.1) is 0 Å². The van der Waals surface area contributed by atoms with E-state index in [9.17, 15) is 0 Å². The van der Waals surface area contributed by atoms with Crippen LogP contribution in [0.3, 0.4) is 0 Å². The Labute approximate surface area is 135 Å². The van der Waals surface area contributed by atoms with Crippen molar-refractivity contribution in [3.63, 3.8) is 0 Å². The summed E-state index contributed by atoms with van der Waals surface area (Å²) < 4.78 is 0. The maximum Gasteiger partial charge on any atom is 0.0314 e. The molecular weight excluding hydrogens is 296 g/mol. The summed E-state index contributed by atoms with van der Waals surface area (Å²) in [5.41, 5.74) is 13.0. The fraction of sp³-hybridized carbons (Fsp3) is 0.294. The van der Waals surface area contributed by atoms with Gasteiger partial charge in [-0.05, 0) is 72.9 Å². The molecule has 0 aromatic heterocycles. The molecule has 4 N–H and O–H groups in total. The van der Waals surface area contributed by atoms with Crippen LogP contribution < -0.4 is 11.5 Å². The van der Waals surface area contributed by atoms with Gasteiger partial charge in [-0.15, -0.1) is 23.5 Å². The van der Waals surface area contributed by atoms with Crippen molar-refractivity contribution in [2.75, 3.05) is 23.0 Å². The summed E-state index contributed by atoms with van der Waals surface area (Å²) in [6.07, 6.45) is 3.80. The monoisotopic (exact) mass is 318 g/mol. The summed E-state index contributed by atoms with van der Waals surface area (Å²) in [5.74, 6) is 2.35. The topological polar surface area (TPSA) is 52.0 Å². The summed E-state index contributed by atoms with van der Waals surface area (Å²) in [5, 5.41) is 0. The molecule has 21 heavy (non-hydrogen) atoms. The normalized spacial score (nSPS) is 10.7. The molecule has 0 radical (unpaired) electrons. The lowest BCUT2D eigenvalue weighted by atomic mass is 10.3. The fourth-order valence-electron chi connectivity index (χ4n) is 1.89. The summed E-state index contributed by atoms with van der Waals surface area (Å²) in [4.78, 5) is 2.61. The van der Waals surface area contributed by atoms with Crippen LogP contribution in [0.25, 0.3) is 0 Å². The molecule has 0 saturated carbocycles. The summed E-state index contributed by atoms with van der Waals surface area (Å²) >= 11 is 3.82. The molecular formula is C17H22N2S2. The van der Waals surface area contributed by atoms with Gasteiger partial charge in [0.15, 0.2) is 0 Å². The van der Waals surface area contributed by atoms with Crippen LogP contribution in [0.5, 0.6) is 0 Å². The van der Waals surface area contributed by atoms with Crippen molar-refractivity contribution in [3.8, 4) is 0 Å². The lowest BCUT2D eigenvalue weighted by molar-refractivity contribution is 0.785. The highest BCUT2D eigenvalue weighted by Gasteiger charge is 1.96. The third-order valence-corrected chi connectivity index (χ3v) is 5.28. The highest BCUT2D eigenvalue weighted by molar-refractivity contribution is 7.99. The van der Waals surface area contributed by atoms with Crippen molar-refractivity contribution in [2.45, 2.75) is 29.1 Å². The summed E-state index contributed by atoms with van der Waals surface area (Å²) in [6.45, 7) is 0. The molecule has 2 nitrogen and oxygen atoms in total. The number of nitrogen functional groups attached to an aromatic ring is 2. The molecule has 0 aliphatic heterocycles. The van der Waals surface area contributed by atoms with Crippen molar-refractivity contribution in [2.24, 2.45) is 0 Å². The lowest BCUT2D eigenvalue weighted by Crippen LogP contribution is -1.86. The molecule has 0 amide bonds. The molecule has 0 spiro atoms. The number of thioether (sulfide) groups is 2. The first-order chi connectivity index (χ1) is 10.2. The number of benzene rings is 2. The van der Waals surface area contributed by atoms with E-state index < -0.39 is 0 Å². The van der Waals surface area contributed by atoms with Crippen LogP contribution in [0.4, 0.5) is 11.4 Å². The first-order valence-electron chi connectivity index (χ1n) is 7.21. The van der Waals surface area contributed by atoms with Crippen LogP contribution in [-0.4, -0.2) is 11.5 Å². The van der Waals surface area contributed by atoms with Crippen molar-refractivity contribution < 1.29 is 0 Å². The second kappa shape index (κ2) is 8.90. The third kappa shape index (κ3) is 6.36. The highest BCUT2D eigenvalue weighted by atomic mass is 32.2. The van der Waals surface area contributed by atoms with Crippen molar-refractivity contribution >= 4 is 34.9 Å². The van der Waals surface area contributed by atoms with E-state index in [1.165, 1.54) is 40.6 Å². The van der Waals surface area contributed by atoms with Crippen molar-refractivity contribution in [3.05, 3.63) is 48.5 Å². The van der Waals surface area contributed by atoms with Crippen molar-refractivity contribution in [1.29, 1.82) is 0 Å². The minimum Gasteiger partial charge on any atom is -0.399 e. The molecule has 0 aliphatic carbocycles. The highest BCUT2D eigenvalue weighted by Crippen LogP contribution is 2.23. The smallest absolute Gasteiger partial charge is 0.0314 e.